The van der Waals surface area contributed by atoms with Crippen molar-refractivity contribution in [2.24, 2.45) is 0 Å². The summed E-state index contributed by atoms with van der Waals surface area (Å²) in [7, 11) is 1.58. The van der Waals surface area contributed by atoms with Crippen molar-refractivity contribution in [3.8, 4) is 5.75 Å². The first-order valence-electron chi connectivity index (χ1n) is 10.5. The molecule has 4 aromatic rings. The molecule has 4 aromatic carbocycles. The van der Waals surface area contributed by atoms with Crippen LogP contribution in [-0.4, -0.2) is 24.2 Å². The normalized spacial score (nSPS) is 11.6. The van der Waals surface area contributed by atoms with Gasteiger partial charge in [-0.05, 0) is 72.3 Å². The summed E-state index contributed by atoms with van der Waals surface area (Å²) in [5.74, 6) is 0.408. The van der Waals surface area contributed by atoms with Gasteiger partial charge in [0.25, 0.3) is 5.91 Å². The van der Waals surface area contributed by atoms with E-state index in [-0.39, 0.29) is 17.1 Å². The minimum Gasteiger partial charge on any atom is -0.497 e. The Kier molecular flexibility index (Phi) is 6.95. The Bertz CT molecular complexity index is 1290. The molecule has 0 aliphatic rings. The quantitative estimate of drug-likeness (QED) is 0.324. The number of nitrogens with one attached hydrogen (secondary N) is 2. The molecule has 0 spiro atoms. The maximum Gasteiger partial charge on any atom is 0.255 e. The Hall–Kier alpha value is -3.77. The average Bonchev–Trinajstić information content (AvgIpc) is 2.84. The third kappa shape index (κ3) is 5.73. The summed E-state index contributed by atoms with van der Waals surface area (Å²) in [6.07, 6.45) is 0. The highest BCUT2D eigenvalue weighted by molar-refractivity contribution is 8.00. The molecule has 4 rings (SSSR count). The monoisotopic (exact) mass is 456 g/mol. The van der Waals surface area contributed by atoms with Crippen molar-refractivity contribution >= 4 is 45.7 Å². The first kappa shape index (κ1) is 22.4. The van der Waals surface area contributed by atoms with Crippen LogP contribution in [0.2, 0.25) is 0 Å². The third-order valence-electron chi connectivity index (χ3n) is 5.14. The Morgan fingerprint density at radius 2 is 1.52 bits per heavy atom. The lowest BCUT2D eigenvalue weighted by Gasteiger charge is -2.13. The number of amides is 2. The Balaban J connectivity index is 1.38. The summed E-state index contributed by atoms with van der Waals surface area (Å²) in [6.45, 7) is 1.86. The lowest BCUT2D eigenvalue weighted by atomic mass is 10.1. The maximum absolute atomic E-state index is 12.7. The fraction of sp³-hybridized carbons (Fsp3) is 0.111. The van der Waals surface area contributed by atoms with E-state index in [1.54, 1.807) is 31.4 Å². The third-order valence-corrected chi connectivity index (χ3v) is 6.24. The summed E-state index contributed by atoms with van der Waals surface area (Å²) in [5.41, 5.74) is 1.98. The molecule has 0 saturated carbocycles. The Morgan fingerprint density at radius 1 is 0.788 bits per heavy atom. The van der Waals surface area contributed by atoms with Gasteiger partial charge in [-0.15, -0.1) is 11.8 Å². The lowest BCUT2D eigenvalue weighted by molar-refractivity contribution is -0.115. The number of hydrogen-bond donors (Lipinski definition) is 2. The SMILES string of the molecule is COc1ccc(C(=O)Nc2cccc(SC(C)C(=O)Nc3ccc4ccccc4c3)c2)cc1. The Morgan fingerprint density at radius 3 is 2.27 bits per heavy atom. The van der Waals surface area contributed by atoms with Crippen molar-refractivity contribution in [2.45, 2.75) is 17.1 Å². The highest BCUT2D eigenvalue weighted by Gasteiger charge is 2.15. The van der Waals surface area contributed by atoms with Gasteiger partial charge in [-0.3, -0.25) is 9.59 Å². The van der Waals surface area contributed by atoms with Gasteiger partial charge in [0.2, 0.25) is 5.91 Å². The van der Waals surface area contributed by atoms with Crippen LogP contribution in [0.5, 0.6) is 5.75 Å². The molecule has 0 aromatic heterocycles. The minimum atomic E-state index is -0.316. The molecule has 5 nitrogen and oxygen atoms in total. The van der Waals surface area contributed by atoms with E-state index in [9.17, 15) is 9.59 Å². The van der Waals surface area contributed by atoms with E-state index in [0.717, 1.165) is 21.4 Å². The van der Waals surface area contributed by atoms with E-state index < -0.39 is 0 Å². The molecule has 1 unspecified atom stereocenters. The maximum atomic E-state index is 12.7. The average molecular weight is 457 g/mol. The van der Waals surface area contributed by atoms with Gasteiger partial charge in [0.15, 0.2) is 0 Å². The molecule has 0 radical (unpaired) electrons. The standard InChI is InChI=1S/C27H24N2O3S/c1-18(26(30)28-23-13-10-19-6-3-4-7-21(19)16-23)33-25-9-5-8-22(17-25)29-27(31)20-11-14-24(32-2)15-12-20/h3-18H,1-2H3,(H,28,30)(H,29,31). The van der Waals surface area contributed by atoms with Gasteiger partial charge in [-0.1, -0.05) is 36.4 Å². The van der Waals surface area contributed by atoms with Crippen LogP contribution in [0, 0.1) is 0 Å². The van der Waals surface area contributed by atoms with Crippen LogP contribution >= 0.6 is 11.8 Å². The van der Waals surface area contributed by atoms with E-state index in [4.69, 9.17) is 4.74 Å². The summed E-state index contributed by atoms with van der Waals surface area (Å²) >= 11 is 1.44. The molecule has 0 aliphatic carbocycles. The molecule has 0 saturated heterocycles. The van der Waals surface area contributed by atoms with Crippen LogP contribution in [0.1, 0.15) is 17.3 Å². The van der Waals surface area contributed by atoms with Gasteiger partial charge in [0, 0.05) is 21.8 Å². The number of hydrogen-bond acceptors (Lipinski definition) is 4. The van der Waals surface area contributed by atoms with Gasteiger partial charge in [0.05, 0.1) is 12.4 Å². The molecular weight excluding hydrogens is 432 g/mol. The number of anilines is 2. The predicted molar refractivity (Wildman–Crippen MR) is 135 cm³/mol. The fourth-order valence-corrected chi connectivity index (χ4v) is 4.29. The second-order valence-electron chi connectivity index (χ2n) is 7.52. The smallest absolute Gasteiger partial charge is 0.255 e. The first-order chi connectivity index (χ1) is 16.0. The van der Waals surface area contributed by atoms with Gasteiger partial charge < -0.3 is 15.4 Å². The zero-order valence-corrected chi connectivity index (χ0v) is 19.2. The molecule has 0 heterocycles. The van der Waals surface area contributed by atoms with Crippen molar-refractivity contribution in [2.75, 3.05) is 17.7 Å². The summed E-state index contributed by atoms with van der Waals surface area (Å²) in [5, 5.41) is 7.79. The van der Waals surface area contributed by atoms with Crippen LogP contribution in [0.15, 0.2) is 95.9 Å². The number of carbonyl (C=O) groups excluding carboxylic acids is 2. The highest BCUT2D eigenvalue weighted by Crippen LogP contribution is 2.27. The second kappa shape index (κ2) is 10.2. The molecule has 6 heteroatoms. The molecule has 0 bridgehead atoms. The van der Waals surface area contributed by atoms with Crippen LogP contribution in [0.3, 0.4) is 0 Å². The van der Waals surface area contributed by atoms with Gasteiger partial charge in [-0.2, -0.15) is 0 Å². The van der Waals surface area contributed by atoms with Gasteiger partial charge >= 0.3 is 0 Å². The van der Waals surface area contributed by atoms with Gasteiger partial charge in [0.1, 0.15) is 5.75 Å². The molecule has 33 heavy (non-hydrogen) atoms. The minimum absolute atomic E-state index is 0.0806. The molecule has 1 atom stereocenters. The molecule has 166 valence electrons. The van der Waals surface area contributed by atoms with Crippen molar-refractivity contribution in [3.05, 3.63) is 96.6 Å². The van der Waals surface area contributed by atoms with E-state index in [0.29, 0.717) is 17.0 Å². The van der Waals surface area contributed by atoms with Crippen LogP contribution in [-0.2, 0) is 4.79 Å². The number of rotatable bonds is 7. The largest absolute Gasteiger partial charge is 0.497 e. The van der Waals surface area contributed by atoms with Crippen molar-refractivity contribution in [1.82, 2.24) is 0 Å². The number of fused-ring (bicyclic) bond motifs is 1. The molecular formula is C27H24N2O3S. The number of ether oxygens (including phenoxy) is 1. The van der Waals surface area contributed by atoms with Crippen molar-refractivity contribution < 1.29 is 14.3 Å². The van der Waals surface area contributed by atoms with Crippen LogP contribution in [0.4, 0.5) is 11.4 Å². The highest BCUT2D eigenvalue weighted by atomic mass is 32.2. The zero-order chi connectivity index (χ0) is 23.2. The number of methoxy groups -OCH3 is 1. The lowest BCUT2D eigenvalue weighted by Crippen LogP contribution is -2.22. The number of carbonyl (C=O) groups is 2. The van der Waals surface area contributed by atoms with E-state index >= 15 is 0 Å². The molecule has 0 aliphatic heterocycles. The second-order valence-corrected chi connectivity index (χ2v) is 8.94. The van der Waals surface area contributed by atoms with E-state index in [1.807, 2.05) is 73.7 Å². The predicted octanol–water partition coefficient (Wildman–Crippen LogP) is 6.22. The van der Waals surface area contributed by atoms with Crippen LogP contribution in [0.25, 0.3) is 10.8 Å². The number of benzene rings is 4. The van der Waals surface area contributed by atoms with Crippen molar-refractivity contribution in [3.63, 3.8) is 0 Å². The zero-order valence-electron chi connectivity index (χ0n) is 18.4. The summed E-state index contributed by atoms with van der Waals surface area (Å²) < 4.78 is 5.13. The summed E-state index contributed by atoms with van der Waals surface area (Å²) in [6, 6.07) is 28.3. The topological polar surface area (TPSA) is 67.4 Å². The van der Waals surface area contributed by atoms with Crippen LogP contribution < -0.4 is 15.4 Å². The fourth-order valence-electron chi connectivity index (χ4n) is 3.36. The molecule has 2 amide bonds. The summed E-state index contributed by atoms with van der Waals surface area (Å²) in [4.78, 5) is 26.2. The van der Waals surface area contributed by atoms with Crippen molar-refractivity contribution in [1.29, 1.82) is 0 Å². The van der Waals surface area contributed by atoms with E-state index in [1.165, 1.54) is 11.8 Å². The molecule has 2 N–H and O–H groups in total. The van der Waals surface area contributed by atoms with Gasteiger partial charge in [-0.25, -0.2) is 0 Å². The molecule has 0 fully saturated rings. The Labute approximate surface area is 197 Å². The van der Waals surface area contributed by atoms with E-state index in [2.05, 4.69) is 10.6 Å². The first-order valence-corrected chi connectivity index (χ1v) is 11.4. The number of thioether (sulfide) groups is 1.